The summed E-state index contributed by atoms with van der Waals surface area (Å²) in [6, 6.07) is 13.2. The fourth-order valence-electron chi connectivity index (χ4n) is 2.18. The van der Waals surface area contributed by atoms with Crippen molar-refractivity contribution in [2.75, 3.05) is 6.61 Å². The summed E-state index contributed by atoms with van der Waals surface area (Å²) >= 11 is 5.93. The Morgan fingerprint density at radius 3 is 2.48 bits per heavy atom. The normalized spacial score (nSPS) is 12.7. The first-order chi connectivity index (χ1) is 11.7. The molecule has 3 nitrogen and oxygen atoms in total. The molecule has 134 valence electrons. The van der Waals surface area contributed by atoms with Crippen molar-refractivity contribution in [3.05, 3.63) is 70.2 Å². The number of benzene rings is 2. The highest BCUT2D eigenvalue weighted by atomic mass is 35.5. The maximum Gasteiger partial charge on any atom is 0.411 e. The van der Waals surface area contributed by atoms with Crippen molar-refractivity contribution in [3.63, 3.8) is 0 Å². The standard InChI is InChI=1S/C18H17ClF3NO2/c1-12(15-3-2-4-16(19)9-15)23-17(24)14-7-5-13(6-8-14)10-25-11-18(20,21)22/h2-9,12H,10-11H2,1H3,(H,23,24). The Morgan fingerprint density at radius 2 is 1.88 bits per heavy atom. The monoisotopic (exact) mass is 371 g/mol. The van der Waals surface area contributed by atoms with E-state index < -0.39 is 12.8 Å². The zero-order valence-electron chi connectivity index (χ0n) is 13.4. The van der Waals surface area contributed by atoms with Crippen LogP contribution in [-0.2, 0) is 11.3 Å². The molecule has 1 atom stereocenters. The zero-order valence-corrected chi connectivity index (χ0v) is 14.2. The summed E-state index contributed by atoms with van der Waals surface area (Å²) in [4.78, 5) is 12.2. The van der Waals surface area contributed by atoms with Crippen LogP contribution in [0.25, 0.3) is 0 Å². The van der Waals surface area contributed by atoms with E-state index in [1.165, 1.54) is 0 Å². The van der Waals surface area contributed by atoms with Gasteiger partial charge in [0.2, 0.25) is 0 Å². The van der Waals surface area contributed by atoms with Crippen LogP contribution in [0, 0.1) is 0 Å². The van der Waals surface area contributed by atoms with Crippen LogP contribution in [0.4, 0.5) is 13.2 Å². The fraction of sp³-hybridized carbons (Fsp3) is 0.278. The number of alkyl halides is 3. The molecule has 0 aromatic heterocycles. The van der Waals surface area contributed by atoms with Gasteiger partial charge in [0.05, 0.1) is 12.6 Å². The van der Waals surface area contributed by atoms with Crippen LogP contribution in [0.3, 0.4) is 0 Å². The third kappa shape index (κ3) is 6.40. The highest BCUT2D eigenvalue weighted by molar-refractivity contribution is 6.30. The summed E-state index contributed by atoms with van der Waals surface area (Å²) in [7, 11) is 0. The molecule has 0 heterocycles. The maximum atomic E-state index is 12.2. The summed E-state index contributed by atoms with van der Waals surface area (Å²) in [5.41, 5.74) is 1.84. The fourth-order valence-corrected chi connectivity index (χ4v) is 2.37. The average Bonchev–Trinajstić information content (AvgIpc) is 2.54. The Kier molecular flexibility index (Phi) is 6.45. The van der Waals surface area contributed by atoms with Crippen molar-refractivity contribution in [2.24, 2.45) is 0 Å². The average molecular weight is 372 g/mol. The van der Waals surface area contributed by atoms with Gasteiger partial charge < -0.3 is 10.1 Å². The summed E-state index contributed by atoms with van der Waals surface area (Å²) in [6.07, 6.45) is -4.35. The predicted octanol–water partition coefficient (Wildman–Crippen LogP) is 4.91. The molecule has 1 N–H and O–H groups in total. The SMILES string of the molecule is CC(NC(=O)c1ccc(COCC(F)(F)F)cc1)c1cccc(Cl)c1. The Hall–Kier alpha value is -2.05. The molecule has 2 aromatic rings. The van der Waals surface area contributed by atoms with E-state index in [1.54, 1.807) is 42.5 Å². The van der Waals surface area contributed by atoms with Crippen molar-refractivity contribution in [1.82, 2.24) is 5.32 Å². The highest BCUT2D eigenvalue weighted by Crippen LogP contribution is 2.18. The lowest BCUT2D eigenvalue weighted by Crippen LogP contribution is -2.26. The molecule has 0 aliphatic rings. The van der Waals surface area contributed by atoms with Gasteiger partial charge in [0, 0.05) is 10.6 Å². The van der Waals surface area contributed by atoms with E-state index >= 15 is 0 Å². The second-order valence-corrected chi connectivity index (χ2v) is 5.99. The van der Waals surface area contributed by atoms with Gasteiger partial charge in [-0.15, -0.1) is 0 Å². The van der Waals surface area contributed by atoms with Crippen LogP contribution >= 0.6 is 11.6 Å². The predicted molar refractivity (Wildman–Crippen MR) is 89.5 cm³/mol. The van der Waals surface area contributed by atoms with E-state index in [1.807, 2.05) is 13.0 Å². The molecule has 1 amide bonds. The molecule has 2 rings (SSSR count). The van der Waals surface area contributed by atoms with Crippen molar-refractivity contribution < 1.29 is 22.7 Å². The third-order valence-corrected chi connectivity index (χ3v) is 3.68. The van der Waals surface area contributed by atoms with Crippen molar-refractivity contribution in [2.45, 2.75) is 25.7 Å². The van der Waals surface area contributed by atoms with Crippen LogP contribution in [-0.4, -0.2) is 18.7 Å². The Morgan fingerprint density at radius 1 is 1.20 bits per heavy atom. The van der Waals surface area contributed by atoms with Gasteiger partial charge in [0.25, 0.3) is 5.91 Å². The number of halogens is 4. The quantitative estimate of drug-likeness (QED) is 0.783. The van der Waals surface area contributed by atoms with E-state index in [9.17, 15) is 18.0 Å². The van der Waals surface area contributed by atoms with E-state index in [-0.39, 0.29) is 18.6 Å². The van der Waals surface area contributed by atoms with Gasteiger partial charge in [-0.05, 0) is 42.3 Å². The number of ether oxygens (including phenoxy) is 1. The first-order valence-electron chi connectivity index (χ1n) is 7.54. The molecule has 0 aliphatic carbocycles. The van der Waals surface area contributed by atoms with Crippen molar-refractivity contribution in [3.8, 4) is 0 Å². The minimum Gasteiger partial charge on any atom is -0.367 e. The van der Waals surface area contributed by atoms with Gasteiger partial charge >= 0.3 is 6.18 Å². The second kappa shape index (κ2) is 8.36. The lowest BCUT2D eigenvalue weighted by Gasteiger charge is -2.15. The molecular weight excluding hydrogens is 355 g/mol. The van der Waals surface area contributed by atoms with E-state index in [0.29, 0.717) is 16.1 Å². The van der Waals surface area contributed by atoms with Crippen molar-refractivity contribution >= 4 is 17.5 Å². The summed E-state index contributed by atoms with van der Waals surface area (Å²) < 4.78 is 40.7. The molecule has 0 radical (unpaired) electrons. The molecule has 0 saturated carbocycles. The van der Waals surface area contributed by atoms with Crippen LogP contribution in [0.2, 0.25) is 5.02 Å². The lowest BCUT2D eigenvalue weighted by atomic mass is 10.1. The van der Waals surface area contributed by atoms with Gasteiger partial charge in [-0.2, -0.15) is 13.2 Å². The van der Waals surface area contributed by atoms with E-state index in [2.05, 4.69) is 10.1 Å². The number of amides is 1. The molecule has 25 heavy (non-hydrogen) atoms. The van der Waals surface area contributed by atoms with Gasteiger partial charge in [-0.3, -0.25) is 4.79 Å². The number of nitrogens with one attached hydrogen (secondary N) is 1. The molecule has 7 heteroatoms. The smallest absolute Gasteiger partial charge is 0.367 e. The van der Waals surface area contributed by atoms with Crippen LogP contribution in [0.15, 0.2) is 48.5 Å². The minimum atomic E-state index is -4.35. The molecular formula is C18H17ClF3NO2. The Balaban J connectivity index is 1.91. The van der Waals surface area contributed by atoms with Gasteiger partial charge in [0.1, 0.15) is 6.61 Å². The molecule has 0 saturated heterocycles. The first kappa shape index (κ1) is 19.3. The van der Waals surface area contributed by atoms with Crippen LogP contribution in [0.5, 0.6) is 0 Å². The molecule has 1 unspecified atom stereocenters. The van der Waals surface area contributed by atoms with Gasteiger partial charge in [0.15, 0.2) is 0 Å². The number of carbonyl (C=O) groups is 1. The zero-order chi connectivity index (χ0) is 18.4. The third-order valence-electron chi connectivity index (χ3n) is 3.45. The Bertz CT molecular complexity index is 717. The molecule has 2 aromatic carbocycles. The highest BCUT2D eigenvalue weighted by Gasteiger charge is 2.27. The largest absolute Gasteiger partial charge is 0.411 e. The molecule has 0 bridgehead atoms. The van der Waals surface area contributed by atoms with Crippen LogP contribution in [0.1, 0.15) is 34.5 Å². The van der Waals surface area contributed by atoms with E-state index in [0.717, 1.165) is 5.56 Å². The first-order valence-corrected chi connectivity index (χ1v) is 7.92. The summed E-state index contributed by atoms with van der Waals surface area (Å²) in [5.74, 6) is -0.282. The summed E-state index contributed by atoms with van der Waals surface area (Å²) in [5, 5.41) is 3.43. The molecule has 0 aliphatic heterocycles. The lowest BCUT2D eigenvalue weighted by molar-refractivity contribution is -0.176. The topological polar surface area (TPSA) is 38.3 Å². The maximum absolute atomic E-state index is 12.2. The molecule has 0 fully saturated rings. The number of carbonyl (C=O) groups excluding carboxylic acids is 1. The number of hydrogen-bond acceptors (Lipinski definition) is 2. The number of rotatable bonds is 6. The molecule has 0 spiro atoms. The van der Waals surface area contributed by atoms with Gasteiger partial charge in [-0.25, -0.2) is 0 Å². The Labute approximate surface area is 148 Å². The summed E-state index contributed by atoms with van der Waals surface area (Å²) in [6.45, 7) is 0.371. The van der Waals surface area contributed by atoms with Crippen molar-refractivity contribution in [1.29, 1.82) is 0 Å². The van der Waals surface area contributed by atoms with Crippen LogP contribution < -0.4 is 5.32 Å². The number of hydrogen-bond donors (Lipinski definition) is 1. The minimum absolute atomic E-state index is 0.166. The van der Waals surface area contributed by atoms with E-state index in [4.69, 9.17) is 11.6 Å². The second-order valence-electron chi connectivity index (χ2n) is 5.56. The van der Waals surface area contributed by atoms with Gasteiger partial charge in [-0.1, -0.05) is 35.9 Å².